The van der Waals surface area contributed by atoms with Gasteiger partial charge in [0.2, 0.25) is 11.5 Å². The van der Waals surface area contributed by atoms with E-state index in [1.807, 2.05) is 6.26 Å². The molecule has 1 amide bonds. The fraction of sp³-hybridized carbons (Fsp3) is 0.320. The highest BCUT2D eigenvalue weighted by Gasteiger charge is 2.29. The van der Waals surface area contributed by atoms with E-state index in [-0.39, 0.29) is 29.6 Å². The number of nitrogens with one attached hydrogen (secondary N) is 1. The molecule has 0 fully saturated rings. The Kier molecular flexibility index (Phi) is 9.07. The van der Waals surface area contributed by atoms with Gasteiger partial charge in [0.25, 0.3) is 5.91 Å². The number of carbonyl (C=O) groups excluding carboxylic acids is 2. The largest absolute Gasteiger partial charge is 0.493 e. The summed E-state index contributed by atoms with van der Waals surface area (Å²) in [4.78, 5) is 36.3. The highest BCUT2D eigenvalue weighted by atomic mass is 32.2. The zero-order valence-corrected chi connectivity index (χ0v) is 21.1. The van der Waals surface area contributed by atoms with Crippen LogP contribution in [0.25, 0.3) is 6.08 Å². The van der Waals surface area contributed by atoms with Gasteiger partial charge in [-0.15, -0.1) is 0 Å². The predicted molar refractivity (Wildman–Crippen MR) is 134 cm³/mol. The first kappa shape index (κ1) is 26.7. The van der Waals surface area contributed by atoms with Crippen molar-refractivity contribution >= 4 is 35.5 Å². The Labute approximate surface area is 212 Å². The number of amides is 1. The fourth-order valence-corrected chi connectivity index (χ4v) is 3.99. The number of hydrogen-bond donors (Lipinski definition) is 2. The molecule has 11 heteroatoms. The average molecular weight is 518 g/mol. The number of aliphatic carboxylic acids is 1. The maximum Gasteiger partial charge on any atom is 0.326 e. The molecule has 0 saturated heterocycles. The van der Waals surface area contributed by atoms with Gasteiger partial charge in [-0.1, -0.05) is 0 Å². The van der Waals surface area contributed by atoms with Crippen molar-refractivity contribution in [2.45, 2.75) is 12.5 Å². The quantitative estimate of drug-likeness (QED) is 0.405. The lowest BCUT2D eigenvalue weighted by Gasteiger charge is -2.14. The monoisotopic (exact) mass is 517 g/mol. The fourth-order valence-electron chi connectivity index (χ4n) is 3.51. The van der Waals surface area contributed by atoms with Crippen molar-refractivity contribution in [3.63, 3.8) is 0 Å². The Hall–Kier alpha value is -3.86. The van der Waals surface area contributed by atoms with Crippen LogP contribution < -0.4 is 29.0 Å². The number of Topliss-reactive ketones (excluding diaryl/α,β-unsaturated/α-hetero) is 1. The van der Waals surface area contributed by atoms with Crippen LogP contribution in [0.4, 0.5) is 0 Å². The minimum atomic E-state index is -1.10. The lowest BCUT2D eigenvalue weighted by atomic mass is 10.1. The zero-order valence-electron chi connectivity index (χ0n) is 20.3. The number of carbonyl (C=O) groups is 3. The molecule has 36 heavy (non-hydrogen) atoms. The third-order valence-corrected chi connectivity index (χ3v) is 5.92. The van der Waals surface area contributed by atoms with E-state index >= 15 is 0 Å². The molecule has 2 aromatic rings. The standard InChI is InChI=1S/C25H27NO9S/c1-31-18-8-5-14(23(32-2)24(18)33-3)11-20-22(28)16-7-6-15(12-19(16)35-20)34-13-21(27)26-17(25(29)30)9-10-36-4/h5-8,11-12,17H,9-10,13H2,1-4H3,(H,26,27)(H,29,30)/b20-11-/t17-/m1/s1. The Morgan fingerprint density at radius 1 is 1.11 bits per heavy atom. The second-order valence-electron chi connectivity index (χ2n) is 7.55. The molecule has 2 aromatic carbocycles. The van der Waals surface area contributed by atoms with Crippen molar-refractivity contribution in [2.24, 2.45) is 0 Å². The van der Waals surface area contributed by atoms with Crippen molar-refractivity contribution in [3.05, 3.63) is 47.2 Å². The summed E-state index contributed by atoms with van der Waals surface area (Å²) in [6.45, 7) is -0.388. The van der Waals surface area contributed by atoms with Crippen LogP contribution in [-0.2, 0) is 9.59 Å². The molecule has 0 bridgehead atoms. The van der Waals surface area contributed by atoms with E-state index in [4.69, 9.17) is 23.7 Å². The number of carboxylic acid groups (broad SMARTS) is 1. The summed E-state index contributed by atoms with van der Waals surface area (Å²) in [6, 6.07) is 6.98. The number of methoxy groups -OCH3 is 3. The van der Waals surface area contributed by atoms with Crippen LogP contribution in [0.3, 0.4) is 0 Å². The van der Waals surface area contributed by atoms with E-state index in [0.29, 0.717) is 40.5 Å². The van der Waals surface area contributed by atoms with Crippen molar-refractivity contribution in [1.29, 1.82) is 0 Å². The normalized spacial score (nSPS) is 14.0. The van der Waals surface area contributed by atoms with Gasteiger partial charge in [0.05, 0.1) is 26.9 Å². The second kappa shape index (κ2) is 12.2. The first-order valence-electron chi connectivity index (χ1n) is 10.8. The number of carboxylic acids is 1. The molecule has 3 rings (SSSR count). The molecule has 0 radical (unpaired) electrons. The van der Waals surface area contributed by atoms with Crippen LogP contribution in [0.5, 0.6) is 28.7 Å². The first-order valence-corrected chi connectivity index (χ1v) is 12.2. The molecule has 0 aliphatic carbocycles. The average Bonchev–Trinajstić information content (AvgIpc) is 3.18. The van der Waals surface area contributed by atoms with Gasteiger partial charge in [-0.2, -0.15) is 11.8 Å². The van der Waals surface area contributed by atoms with Gasteiger partial charge in [0, 0.05) is 11.6 Å². The molecule has 0 spiro atoms. The molecule has 2 N–H and O–H groups in total. The van der Waals surface area contributed by atoms with Gasteiger partial charge in [-0.25, -0.2) is 4.79 Å². The molecular weight excluding hydrogens is 490 g/mol. The van der Waals surface area contributed by atoms with Crippen molar-refractivity contribution in [1.82, 2.24) is 5.32 Å². The van der Waals surface area contributed by atoms with Crippen molar-refractivity contribution in [3.8, 4) is 28.7 Å². The Morgan fingerprint density at radius 2 is 1.86 bits per heavy atom. The first-order chi connectivity index (χ1) is 17.3. The summed E-state index contributed by atoms with van der Waals surface area (Å²) in [7, 11) is 4.47. The molecule has 0 aromatic heterocycles. The van der Waals surface area contributed by atoms with Gasteiger partial charge in [0.1, 0.15) is 17.5 Å². The summed E-state index contributed by atoms with van der Waals surface area (Å²) in [5, 5.41) is 11.7. The molecule has 0 unspecified atom stereocenters. The van der Waals surface area contributed by atoms with Crippen LogP contribution in [0.2, 0.25) is 0 Å². The molecule has 10 nitrogen and oxygen atoms in total. The number of ether oxygens (including phenoxy) is 5. The van der Waals surface area contributed by atoms with E-state index in [2.05, 4.69) is 5.32 Å². The van der Waals surface area contributed by atoms with Gasteiger partial charge in [-0.05, 0) is 48.8 Å². The zero-order chi connectivity index (χ0) is 26.2. The van der Waals surface area contributed by atoms with E-state index in [1.54, 1.807) is 12.1 Å². The molecule has 1 atom stereocenters. The predicted octanol–water partition coefficient (Wildman–Crippen LogP) is 3.03. The summed E-state index contributed by atoms with van der Waals surface area (Å²) in [5.74, 6) is 0.461. The number of benzene rings is 2. The van der Waals surface area contributed by atoms with Gasteiger partial charge in [-0.3, -0.25) is 9.59 Å². The summed E-state index contributed by atoms with van der Waals surface area (Å²) in [6.07, 6.45) is 3.70. The summed E-state index contributed by atoms with van der Waals surface area (Å²) >= 11 is 1.49. The van der Waals surface area contributed by atoms with E-state index in [9.17, 15) is 19.5 Å². The lowest BCUT2D eigenvalue weighted by Crippen LogP contribution is -2.43. The van der Waals surface area contributed by atoms with Crippen LogP contribution in [0.1, 0.15) is 22.3 Å². The molecule has 1 heterocycles. The number of fused-ring (bicyclic) bond motifs is 1. The van der Waals surface area contributed by atoms with Crippen LogP contribution >= 0.6 is 11.8 Å². The number of rotatable bonds is 12. The summed E-state index contributed by atoms with van der Waals surface area (Å²) < 4.78 is 27.4. The maximum atomic E-state index is 12.9. The summed E-state index contributed by atoms with van der Waals surface area (Å²) in [5.41, 5.74) is 0.884. The molecule has 0 saturated carbocycles. The smallest absolute Gasteiger partial charge is 0.326 e. The van der Waals surface area contributed by atoms with Gasteiger partial charge in [0.15, 0.2) is 23.9 Å². The minimum absolute atomic E-state index is 0.0727. The Morgan fingerprint density at radius 3 is 2.50 bits per heavy atom. The highest BCUT2D eigenvalue weighted by Crippen LogP contribution is 2.42. The topological polar surface area (TPSA) is 130 Å². The SMILES string of the molecule is COc1ccc(/C=C2\Oc3cc(OCC(=O)N[C@H](CCSC)C(=O)O)ccc3C2=O)c(OC)c1OC. The van der Waals surface area contributed by atoms with Crippen molar-refractivity contribution in [2.75, 3.05) is 39.9 Å². The number of ketones is 1. The van der Waals surface area contributed by atoms with Crippen molar-refractivity contribution < 1.29 is 43.2 Å². The molecule has 192 valence electrons. The molecule has 1 aliphatic rings. The molecular formula is C25H27NO9S. The number of thioether (sulfide) groups is 1. The number of hydrogen-bond acceptors (Lipinski definition) is 9. The van der Waals surface area contributed by atoms with Gasteiger partial charge < -0.3 is 34.1 Å². The van der Waals surface area contributed by atoms with Crippen LogP contribution in [0, 0.1) is 0 Å². The Bertz CT molecular complexity index is 1180. The van der Waals surface area contributed by atoms with E-state index in [1.165, 1.54) is 57.4 Å². The lowest BCUT2D eigenvalue weighted by molar-refractivity contribution is -0.142. The maximum absolute atomic E-state index is 12.9. The van der Waals surface area contributed by atoms with E-state index in [0.717, 1.165) is 0 Å². The van der Waals surface area contributed by atoms with Gasteiger partial charge >= 0.3 is 5.97 Å². The second-order valence-corrected chi connectivity index (χ2v) is 8.54. The van der Waals surface area contributed by atoms with E-state index < -0.39 is 17.9 Å². The van der Waals surface area contributed by atoms with Crippen LogP contribution in [0.15, 0.2) is 36.1 Å². The van der Waals surface area contributed by atoms with Crippen LogP contribution in [-0.4, -0.2) is 68.8 Å². The number of allylic oxidation sites excluding steroid dienone is 1. The molecule has 1 aliphatic heterocycles. The highest BCUT2D eigenvalue weighted by molar-refractivity contribution is 7.98. The minimum Gasteiger partial charge on any atom is -0.493 e. The third kappa shape index (κ3) is 6.03. The third-order valence-electron chi connectivity index (χ3n) is 5.28. The Balaban J connectivity index is 1.72.